The minimum atomic E-state index is -1.12. The van der Waals surface area contributed by atoms with Crippen LogP contribution in [0.3, 0.4) is 0 Å². The van der Waals surface area contributed by atoms with E-state index < -0.39 is 17.2 Å². The van der Waals surface area contributed by atoms with Crippen LogP contribution in [0.4, 0.5) is 4.79 Å². The molecule has 1 aliphatic carbocycles. The predicted octanol–water partition coefficient (Wildman–Crippen LogP) is 4.20. The van der Waals surface area contributed by atoms with Crippen LogP contribution in [0.2, 0.25) is 6.32 Å². The summed E-state index contributed by atoms with van der Waals surface area (Å²) < 4.78 is 17.8. The second-order valence-corrected chi connectivity index (χ2v) is 12.8. The first-order valence-electron chi connectivity index (χ1n) is 13.9. The van der Waals surface area contributed by atoms with Crippen molar-refractivity contribution in [3.05, 3.63) is 0 Å². The minimum absolute atomic E-state index is 0.188. The number of alkyl carbamates (subject to hydrolysis) is 1. The maximum Gasteiger partial charge on any atom is 0.457 e. The molecule has 0 aromatic carbocycles. The van der Waals surface area contributed by atoms with Gasteiger partial charge in [0.2, 0.25) is 11.8 Å². The molecule has 0 bridgehead atoms. The van der Waals surface area contributed by atoms with Crippen LogP contribution < -0.4 is 16.0 Å². The molecule has 1 heterocycles. The summed E-state index contributed by atoms with van der Waals surface area (Å²) in [5, 5.41) is 8.91. The number of unbranched alkanes of at least 4 members (excludes halogenated alkanes) is 1. The zero-order valence-electron chi connectivity index (χ0n) is 24.5. The van der Waals surface area contributed by atoms with Crippen molar-refractivity contribution < 1.29 is 28.4 Å². The number of hydrogen-bond donors (Lipinski definition) is 3. The van der Waals surface area contributed by atoms with Crippen LogP contribution in [-0.4, -0.2) is 60.5 Å². The molecule has 10 heteroatoms. The number of carbonyl (C=O) groups excluding carboxylic acids is 3. The van der Waals surface area contributed by atoms with Crippen molar-refractivity contribution in [1.29, 1.82) is 0 Å². The zero-order chi connectivity index (χ0) is 28.1. The Labute approximate surface area is 224 Å². The van der Waals surface area contributed by atoms with Crippen LogP contribution in [0, 0.1) is 11.8 Å². The average molecular weight is 524 g/mol. The van der Waals surface area contributed by atoms with Gasteiger partial charge in [-0.2, -0.15) is 0 Å². The van der Waals surface area contributed by atoms with E-state index in [1.807, 2.05) is 27.7 Å². The molecule has 2 aliphatic rings. The quantitative estimate of drug-likeness (QED) is 0.292. The van der Waals surface area contributed by atoms with E-state index in [2.05, 4.69) is 22.9 Å². The third-order valence-electron chi connectivity index (χ3n) is 7.86. The van der Waals surface area contributed by atoms with Gasteiger partial charge < -0.3 is 30.0 Å². The van der Waals surface area contributed by atoms with E-state index in [1.165, 1.54) is 6.92 Å². The SMILES string of the molecule is CCCCNC(=O)[C@@]1(NC(C)=O)C[C@H](CCB2OC(C)(C)C(C)(C)O2)CC[C@H]1CNC(=O)OC(C)(C)C. The number of rotatable bonds is 10. The maximum atomic E-state index is 13.7. The predicted molar refractivity (Wildman–Crippen MR) is 145 cm³/mol. The summed E-state index contributed by atoms with van der Waals surface area (Å²) in [5.74, 6) is -0.522. The summed E-state index contributed by atoms with van der Waals surface area (Å²) in [6.07, 6.45) is 4.86. The van der Waals surface area contributed by atoms with Crippen molar-refractivity contribution in [3.63, 3.8) is 0 Å². The highest BCUT2D eigenvalue weighted by atomic mass is 16.7. The van der Waals surface area contributed by atoms with Gasteiger partial charge in [0, 0.05) is 25.9 Å². The van der Waals surface area contributed by atoms with Crippen molar-refractivity contribution in [2.24, 2.45) is 11.8 Å². The lowest BCUT2D eigenvalue weighted by molar-refractivity contribution is -0.138. The third kappa shape index (κ3) is 8.60. The Kier molecular flexibility index (Phi) is 10.5. The van der Waals surface area contributed by atoms with Crippen molar-refractivity contribution >= 4 is 25.0 Å². The highest BCUT2D eigenvalue weighted by Gasteiger charge is 2.53. The van der Waals surface area contributed by atoms with Gasteiger partial charge in [-0.3, -0.25) is 9.59 Å². The largest absolute Gasteiger partial charge is 0.457 e. The Bertz CT molecular complexity index is 796. The van der Waals surface area contributed by atoms with Gasteiger partial charge in [0.25, 0.3) is 0 Å². The smallest absolute Gasteiger partial charge is 0.444 e. The standard InChI is InChI=1S/C27H50BN3O6/c1-10-11-16-29-22(33)27(31-19(2)32)17-20(14-15-28-36-25(6,7)26(8,9)37-28)12-13-21(27)18-30-23(34)35-24(3,4)5/h20-21H,10-18H2,1-9H3,(H,29,33)(H,30,34)(H,31,32)/t20-,21-,27+/m0/s1. The molecule has 1 saturated heterocycles. The van der Waals surface area contributed by atoms with Crippen LogP contribution in [-0.2, 0) is 23.6 Å². The maximum absolute atomic E-state index is 13.7. The fourth-order valence-electron chi connectivity index (χ4n) is 5.24. The number of hydrogen-bond acceptors (Lipinski definition) is 6. The normalized spacial score (nSPS) is 26.9. The molecule has 1 saturated carbocycles. The van der Waals surface area contributed by atoms with Crippen LogP contribution >= 0.6 is 0 Å². The Morgan fingerprint density at radius 1 is 1.03 bits per heavy atom. The van der Waals surface area contributed by atoms with E-state index in [4.69, 9.17) is 14.0 Å². The zero-order valence-corrected chi connectivity index (χ0v) is 24.5. The Morgan fingerprint density at radius 3 is 2.19 bits per heavy atom. The molecular weight excluding hydrogens is 473 g/mol. The van der Waals surface area contributed by atoms with Crippen LogP contribution in [0.15, 0.2) is 0 Å². The van der Waals surface area contributed by atoms with Crippen molar-refractivity contribution in [1.82, 2.24) is 16.0 Å². The Hall–Kier alpha value is -1.81. The van der Waals surface area contributed by atoms with Gasteiger partial charge in [-0.05, 0) is 86.4 Å². The average Bonchev–Trinajstić information content (AvgIpc) is 2.96. The van der Waals surface area contributed by atoms with Crippen LogP contribution in [0.1, 0.15) is 101 Å². The third-order valence-corrected chi connectivity index (χ3v) is 7.86. The first-order valence-corrected chi connectivity index (χ1v) is 13.9. The number of carbonyl (C=O) groups is 3. The lowest BCUT2D eigenvalue weighted by atomic mass is 9.65. The molecule has 37 heavy (non-hydrogen) atoms. The van der Waals surface area contributed by atoms with E-state index in [1.54, 1.807) is 20.8 Å². The van der Waals surface area contributed by atoms with E-state index in [0.29, 0.717) is 25.7 Å². The monoisotopic (exact) mass is 523 g/mol. The molecule has 0 unspecified atom stereocenters. The van der Waals surface area contributed by atoms with Gasteiger partial charge >= 0.3 is 13.2 Å². The van der Waals surface area contributed by atoms with E-state index >= 15 is 0 Å². The van der Waals surface area contributed by atoms with E-state index in [9.17, 15) is 14.4 Å². The van der Waals surface area contributed by atoms with Crippen LogP contribution in [0.5, 0.6) is 0 Å². The molecule has 0 spiro atoms. The van der Waals surface area contributed by atoms with Gasteiger partial charge in [0.05, 0.1) is 11.2 Å². The molecule has 3 atom stereocenters. The first-order chi connectivity index (χ1) is 17.0. The number of nitrogens with one attached hydrogen (secondary N) is 3. The summed E-state index contributed by atoms with van der Waals surface area (Å²) in [6.45, 7) is 17.9. The molecule has 212 valence electrons. The summed E-state index contributed by atoms with van der Waals surface area (Å²) in [6, 6.07) is 0. The molecule has 1 aliphatic heterocycles. The highest BCUT2D eigenvalue weighted by Crippen LogP contribution is 2.42. The summed E-state index contributed by atoms with van der Waals surface area (Å²) in [7, 11) is -0.301. The fraction of sp³-hybridized carbons (Fsp3) is 0.889. The highest BCUT2D eigenvalue weighted by molar-refractivity contribution is 6.45. The molecule has 0 aromatic rings. The van der Waals surface area contributed by atoms with Crippen molar-refractivity contribution in [2.75, 3.05) is 13.1 Å². The minimum Gasteiger partial charge on any atom is -0.444 e. The molecule has 9 nitrogen and oxygen atoms in total. The second-order valence-electron chi connectivity index (χ2n) is 12.8. The second kappa shape index (κ2) is 12.4. The van der Waals surface area contributed by atoms with Crippen LogP contribution in [0.25, 0.3) is 0 Å². The molecular formula is C27H50BN3O6. The fourth-order valence-corrected chi connectivity index (χ4v) is 5.24. The van der Waals surface area contributed by atoms with Gasteiger partial charge in [-0.1, -0.05) is 19.8 Å². The molecule has 3 amide bonds. The van der Waals surface area contributed by atoms with Gasteiger partial charge in [0.15, 0.2) is 0 Å². The molecule has 0 aromatic heterocycles. The van der Waals surface area contributed by atoms with Gasteiger partial charge in [-0.15, -0.1) is 0 Å². The number of amides is 3. The van der Waals surface area contributed by atoms with E-state index in [0.717, 1.165) is 25.7 Å². The Balaban J connectivity index is 2.18. The van der Waals surface area contributed by atoms with Gasteiger partial charge in [-0.25, -0.2) is 4.79 Å². The van der Waals surface area contributed by atoms with Crippen molar-refractivity contribution in [3.8, 4) is 0 Å². The molecule has 3 N–H and O–H groups in total. The summed E-state index contributed by atoms with van der Waals surface area (Å²) in [5.41, 5.74) is -2.52. The molecule has 2 rings (SSSR count). The first kappa shape index (κ1) is 31.4. The Morgan fingerprint density at radius 2 is 1.65 bits per heavy atom. The summed E-state index contributed by atoms with van der Waals surface area (Å²) in [4.78, 5) is 38.5. The van der Waals surface area contributed by atoms with E-state index in [-0.39, 0.29) is 48.5 Å². The lowest BCUT2D eigenvalue weighted by Gasteiger charge is -2.46. The number of ether oxygens (including phenoxy) is 1. The lowest BCUT2D eigenvalue weighted by Crippen LogP contribution is -2.66. The van der Waals surface area contributed by atoms with Gasteiger partial charge in [0.1, 0.15) is 11.1 Å². The molecule has 0 radical (unpaired) electrons. The summed E-state index contributed by atoms with van der Waals surface area (Å²) >= 11 is 0. The van der Waals surface area contributed by atoms with Crippen molar-refractivity contribution in [2.45, 2.75) is 130 Å². The molecule has 2 fully saturated rings. The topological polar surface area (TPSA) is 115 Å².